The van der Waals surface area contributed by atoms with Crippen LogP contribution in [0.25, 0.3) is 0 Å². The number of phosphoric acid groups is 3. The number of rotatable bonds is 18. The van der Waals surface area contributed by atoms with Crippen LogP contribution in [0.4, 0.5) is 17.3 Å². The van der Waals surface area contributed by atoms with E-state index in [9.17, 15) is 47.9 Å². The normalized spacial score (nSPS) is 26.9. The second-order valence-electron chi connectivity index (χ2n) is 12.0. The Balaban J connectivity index is 1.25. The number of thioether (sulfide) groups is 1. The number of ether oxygens (including phenoxy) is 1. The van der Waals surface area contributed by atoms with Crippen molar-refractivity contribution in [3.8, 4) is 0 Å². The van der Waals surface area contributed by atoms with Crippen molar-refractivity contribution in [1.82, 2.24) is 20.6 Å². The van der Waals surface area contributed by atoms with Gasteiger partial charge in [0.05, 0.1) is 19.9 Å². The van der Waals surface area contributed by atoms with Crippen LogP contribution in [0.1, 0.15) is 27.2 Å². The molecule has 3 unspecified atom stereocenters. The Hall–Kier alpha value is -2.57. The van der Waals surface area contributed by atoms with Crippen molar-refractivity contribution < 1.29 is 80.0 Å². The van der Waals surface area contributed by atoms with Gasteiger partial charge in [0.25, 0.3) is 0 Å². The summed E-state index contributed by atoms with van der Waals surface area (Å²) in [6.07, 6.45) is -3.14. The summed E-state index contributed by atoms with van der Waals surface area (Å²) in [6, 6.07) is 0. The summed E-state index contributed by atoms with van der Waals surface area (Å²) in [5.41, 5.74) is 4.64. The van der Waals surface area contributed by atoms with E-state index in [0.717, 1.165) is 11.8 Å². The Kier molecular flexibility index (Phi) is 14.6. The Morgan fingerprint density at radius 2 is 1.92 bits per heavy atom. The maximum atomic E-state index is 12.7. The molecule has 0 radical (unpaired) electrons. The molecule has 53 heavy (non-hydrogen) atoms. The molecule has 3 aliphatic rings. The molecule has 2 fully saturated rings. The van der Waals surface area contributed by atoms with E-state index in [2.05, 4.69) is 34.9 Å². The molecule has 9 N–H and O–H groups in total. The second kappa shape index (κ2) is 17.9. The van der Waals surface area contributed by atoms with Crippen molar-refractivity contribution in [1.29, 1.82) is 0 Å². The van der Waals surface area contributed by atoms with Crippen molar-refractivity contribution in [2.45, 2.75) is 57.8 Å². The maximum absolute atomic E-state index is 12.7. The van der Waals surface area contributed by atoms with Crippen molar-refractivity contribution in [3.63, 3.8) is 0 Å². The average molecular weight is 836 g/mol. The smallest absolute Gasteiger partial charge is 0.383 e. The third-order valence-electron chi connectivity index (χ3n) is 7.47. The molecule has 0 saturated carbocycles. The van der Waals surface area contributed by atoms with Gasteiger partial charge in [-0.05, 0) is 13.0 Å². The maximum Gasteiger partial charge on any atom is 0.499 e. The molecule has 8 atom stereocenters. The number of amides is 2. The first-order valence-corrected chi connectivity index (χ1v) is 21.0. The first kappa shape index (κ1) is 43.2. The van der Waals surface area contributed by atoms with E-state index in [1.54, 1.807) is 13.0 Å². The van der Waals surface area contributed by atoms with Crippen molar-refractivity contribution in [2.75, 3.05) is 54.7 Å². The first-order valence-electron chi connectivity index (χ1n) is 15.5. The van der Waals surface area contributed by atoms with Crippen molar-refractivity contribution in [3.05, 3.63) is 18.5 Å². The molecule has 1 aromatic rings. The lowest BCUT2D eigenvalue weighted by atomic mass is 9.87. The number of nitrogens with one attached hydrogen (secondary N) is 3. The number of hydrogen-bond donors (Lipinski definition) is 8. The lowest BCUT2D eigenvalue weighted by Crippen LogP contribution is -2.48. The molecule has 0 aliphatic carbocycles. The van der Waals surface area contributed by atoms with E-state index in [-0.39, 0.29) is 42.9 Å². The standard InChI is InChI=1S/C25H40N7O17P3S/c1-4-5-16(34)53-9-8-27-15(33)6-7-28-23(36)20(35)25(2,3)11-44-51(39,40)49-50(37,38)43-10-14-18-19(46-48-52(41,42)47-18)24(45-14)32-13-31-17-21(26)29-12-30-22(17)32/h4-5,12,14,18-20,24,31,35H,6-11,13H2,1-3H3,(H,27,33)(H,28,36)(H,37,38)(H,39,40)(H,41,42)(H2,26,29,30)/b5-4+/t14-,18-,19-,20+,24-/m1/s1. The van der Waals surface area contributed by atoms with E-state index in [4.69, 9.17) is 28.9 Å². The van der Waals surface area contributed by atoms with Gasteiger partial charge in [0, 0.05) is 30.7 Å². The van der Waals surface area contributed by atoms with Crippen LogP contribution in [-0.2, 0) is 60.3 Å². The molecular formula is C25H40N7O17P3S. The van der Waals surface area contributed by atoms with Gasteiger partial charge in [-0.3, -0.25) is 28.0 Å². The molecule has 2 saturated heterocycles. The molecule has 1 aromatic heterocycles. The number of nitrogens with two attached hydrogens (primary N) is 1. The highest BCUT2D eigenvalue weighted by Crippen LogP contribution is 2.61. The van der Waals surface area contributed by atoms with Gasteiger partial charge >= 0.3 is 23.5 Å². The molecule has 2 amide bonds. The largest absolute Gasteiger partial charge is 0.499 e. The highest BCUT2D eigenvalue weighted by atomic mass is 32.2. The summed E-state index contributed by atoms with van der Waals surface area (Å²) in [6.45, 7) is 2.56. The van der Waals surface area contributed by atoms with Crippen LogP contribution in [-0.4, -0.2) is 116 Å². The summed E-state index contributed by atoms with van der Waals surface area (Å²) in [7, 11) is -15.7. The summed E-state index contributed by atoms with van der Waals surface area (Å²) >= 11 is 1.02. The monoisotopic (exact) mass is 835 g/mol. The number of allylic oxidation sites excluding steroid dienone is 1. The third kappa shape index (κ3) is 12.0. The van der Waals surface area contributed by atoms with Crippen LogP contribution in [0.15, 0.2) is 18.5 Å². The number of anilines is 3. The Morgan fingerprint density at radius 1 is 1.21 bits per heavy atom. The number of nitrogens with zero attached hydrogens (tertiary/aromatic N) is 3. The van der Waals surface area contributed by atoms with Crippen molar-refractivity contribution in [2.24, 2.45) is 5.41 Å². The molecule has 0 spiro atoms. The highest BCUT2D eigenvalue weighted by molar-refractivity contribution is 8.14. The SMILES string of the molecule is C/C=C/C(=O)SCCNC(=O)CCNC(=O)[C@H](O)C(C)(C)COP(=O)(O)OP(=O)(O)OC[C@H]1O[C@@H](N2CNc3c(N)ncnc32)[C@@H]2OOP(=O)(O)O[C@@H]21. The van der Waals surface area contributed by atoms with Gasteiger partial charge in [0.1, 0.15) is 30.3 Å². The molecule has 28 heteroatoms. The van der Waals surface area contributed by atoms with Crippen molar-refractivity contribution >= 4 is 69.5 Å². The predicted molar refractivity (Wildman–Crippen MR) is 182 cm³/mol. The number of aliphatic hydroxyl groups excluding tert-OH is 1. The molecule has 298 valence electrons. The topological polar surface area (TPSA) is 339 Å². The van der Waals surface area contributed by atoms with Gasteiger partial charge in [-0.2, -0.15) is 4.31 Å². The van der Waals surface area contributed by atoms with Gasteiger partial charge in [-0.15, -0.1) is 4.67 Å². The highest BCUT2D eigenvalue weighted by Gasteiger charge is 2.57. The summed E-state index contributed by atoms with van der Waals surface area (Å²) in [4.78, 5) is 80.8. The zero-order valence-corrected chi connectivity index (χ0v) is 31.8. The van der Waals surface area contributed by atoms with Crippen LogP contribution >= 0.6 is 35.2 Å². The number of fused-ring (bicyclic) bond motifs is 2. The molecular weight excluding hydrogens is 795 g/mol. The zero-order valence-electron chi connectivity index (χ0n) is 28.3. The number of nitrogen functional groups attached to an aromatic ring is 1. The van der Waals surface area contributed by atoms with Crippen LogP contribution < -0.4 is 26.6 Å². The molecule has 0 aromatic carbocycles. The molecule has 4 rings (SSSR count). The lowest BCUT2D eigenvalue weighted by Gasteiger charge is -2.32. The molecule has 4 heterocycles. The lowest BCUT2D eigenvalue weighted by molar-refractivity contribution is -0.304. The third-order valence-corrected chi connectivity index (χ3v) is 11.7. The fourth-order valence-electron chi connectivity index (χ4n) is 4.86. The number of aliphatic hydroxyl groups is 1. The van der Waals surface area contributed by atoms with Gasteiger partial charge in [0.15, 0.2) is 24.0 Å². The fraction of sp³-hybridized carbons (Fsp3) is 0.640. The van der Waals surface area contributed by atoms with Crippen LogP contribution in [0, 0.1) is 5.41 Å². The Bertz CT molecular complexity index is 1690. The van der Waals surface area contributed by atoms with Crippen LogP contribution in [0.2, 0.25) is 0 Å². The minimum absolute atomic E-state index is 0.0400. The molecule has 3 aliphatic heterocycles. The average Bonchev–Trinajstić information content (AvgIpc) is 3.65. The summed E-state index contributed by atoms with van der Waals surface area (Å²) < 4.78 is 66.9. The summed E-state index contributed by atoms with van der Waals surface area (Å²) in [5.74, 6) is -0.665. The van der Waals surface area contributed by atoms with Crippen LogP contribution in [0.3, 0.4) is 0 Å². The van der Waals surface area contributed by atoms with Gasteiger partial charge < -0.3 is 51.1 Å². The molecule has 24 nitrogen and oxygen atoms in total. The van der Waals surface area contributed by atoms with Gasteiger partial charge in [0.2, 0.25) is 16.9 Å². The van der Waals surface area contributed by atoms with E-state index in [1.165, 1.54) is 31.2 Å². The second-order valence-corrected chi connectivity index (χ2v) is 17.5. The summed E-state index contributed by atoms with van der Waals surface area (Å²) in [5, 5.41) is 18.2. The fourth-order valence-corrected chi connectivity index (χ4v) is 8.56. The number of phosphoric ester groups is 3. The van der Waals surface area contributed by atoms with Gasteiger partial charge in [-0.1, -0.05) is 31.7 Å². The quantitative estimate of drug-likeness (QED) is 0.0414. The van der Waals surface area contributed by atoms with E-state index in [1.807, 2.05) is 0 Å². The van der Waals surface area contributed by atoms with E-state index < -0.39 is 84.6 Å². The first-order chi connectivity index (χ1) is 24.7. The van der Waals surface area contributed by atoms with Crippen LogP contribution in [0.5, 0.6) is 0 Å². The van der Waals surface area contributed by atoms with E-state index in [0.29, 0.717) is 11.4 Å². The predicted octanol–water partition coefficient (Wildman–Crippen LogP) is -0.115. The Morgan fingerprint density at radius 3 is 2.64 bits per heavy atom. The molecule has 0 bridgehead atoms. The minimum atomic E-state index is -5.46. The number of aromatic nitrogens is 2. The van der Waals surface area contributed by atoms with E-state index >= 15 is 0 Å². The Labute approximate surface area is 306 Å². The number of carbonyl (C=O) groups is 3. The number of hydrogen-bond acceptors (Lipinski definition) is 20. The zero-order chi connectivity index (χ0) is 39.2. The minimum Gasteiger partial charge on any atom is -0.383 e. The van der Waals surface area contributed by atoms with Gasteiger partial charge in [-0.25, -0.2) is 28.6 Å². The number of carbonyl (C=O) groups excluding carboxylic acids is 3.